The number of nitrogens with zero attached hydrogens (tertiary/aromatic N) is 4. The Kier molecular flexibility index (Phi) is 3.01. The minimum Gasteiger partial charge on any atom is -0.421 e. The molecular formula is C27H31N4OSi+. The third-order valence-electron chi connectivity index (χ3n) is 6.12. The molecule has 0 aliphatic rings. The number of rotatable bonds is 3. The van der Waals surface area contributed by atoms with E-state index in [0.717, 1.165) is 5.56 Å². The molecule has 0 aliphatic carbocycles. The second-order valence-electron chi connectivity index (χ2n) is 9.48. The second-order valence-corrected chi connectivity index (χ2v) is 14.6. The fourth-order valence-electron chi connectivity index (χ4n) is 4.30. The average molecular weight is 465 g/mol. The zero-order valence-electron chi connectivity index (χ0n) is 28.2. The van der Waals surface area contributed by atoms with Crippen molar-refractivity contribution in [2.75, 3.05) is 0 Å². The molecule has 5 nitrogen and oxygen atoms in total. The number of hydrogen-bond acceptors (Lipinski definition) is 3. The summed E-state index contributed by atoms with van der Waals surface area (Å²) < 4.78 is 85.0. The van der Waals surface area contributed by atoms with Crippen LogP contribution in [0.3, 0.4) is 0 Å². The summed E-state index contributed by atoms with van der Waals surface area (Å²) in [6, 6.07) is 8.40. The highest BCUT2D eigenvalue weighted by molar-refractivity contribution is 6.88. The fraction of sp³-hybridized carbons (Fsp3) is 0.296. The van der Waals surface area contributed by atoms with Gasteiger partial charge in [-0.1, -0.05) is 48.1 Å². The third kappa shape index (κ3) is 3.40. The highest BCUT2D eigenvalue weighted by Crippen LogP contribution is 2.36. The molecular weight excluding hydrogens is 424 g/mol. The first-order valence-electron chi connectivity index (χ1n) is 15.2. The van der Waals surface area contributed by atoms with Crippen molar-refractivity contribution in [3.8, 4) is 22.4 Å². The fourth-order valence-corrected chi connectivity index (χ4v) is 5.46. The summed E-state index contributed by atoms with van der Waals surface area (Å²) in [5, 5.41) is 8.55. The lowest BCUT2D eigenvalue weighted by Gasteiger charge is -2.21. The predicted molar refractivity (Wildman–Crippen MR) is 137 cm³/mol. The smallest absolute Gasteiger partial charge is 0.327 e. The SMILES string of the molecule is [2H]C([2H])([2H])c1c[n+](C)c(-c2c(C)ccc3c2oc2nncn23)cc1-c1c(C([2H])([2H])[2H])cc([Si](C)(C)C)cc1C([2H])([2H])[2H]. The average Bonchev–Trinajstić information content (AvgIpc) is 3.43. The van der Waals surface area contributed by atoms with Crippen LogP contribution < -0.4 is 9.75 Å². The number of hydrogen-bond donors (Lipinski definition) is 0. The molecule has 168 valence electrons. The maximum Gasteiger partial charge on any atom is 0.327 e. The van der Waals surface area contributed by atoms with Crippen molar-refractivity contribution in [1.29, 1.82) is 0 Å². The molecule has 33 heavy (non-hydrogen) atoms. The molecule has 5 aromatic rings. The Bertz CT molecular complexity index is 1820. The summed E-state index contributed by atoms with van der Waals surface area (Å²) in [7, 11) is -0.503. The highest BCUT2D eigenvalue weighted by Gasteiger charge is 2.25. The van der Waals surface area contributed by atoms with E-state index < -0.39 is 28.6 Å². The quantitative estimate of drug-likeness (QED) is 0.265. The number of benzene rings is 2. The summed E-state index contributed by atoms with van der Waals surface area (Å²) in [4.78, 5) is 0. The van der Waals surface area contributed by atoms with Gasteiger partial charge in [0, 0.05) is 24.0 Å². The van der Waals surface area contributed by atoms with E-state index in [-0.39, 0.29) is 33.7 Å². The molecule has 0 saturated heterocycles. The molecule has 0 spiro atoms. The van der Waals surface area contributed by atoms with Crippen LogP contribution in [0.4, 0.5) is 0 Å². The Morgan fingerprint density at radius 2 is 1.70 bits per heavy atom. The van der Waals surface area contributed by atoms with Crippen LogP contribution in [0.5, 0.6) is 0 Å². The topological polar surface area (TPSA) is 47.2 Å². The minimum absolute atomic E-state index is 0.0249. The zero-order chi connectivity index (χ0) is 31.2. The standard InChI is InChI=1S/C27H31N4OSi/c1-16-9-10-22-26(32-27-29-28-15-31(22)27)25(16)23-13-21(19(4)14-30(23)5)24-17(2)11-20(12-18(24)3)33(6,7)8/h9-15H,1-8H3/q+1/i2D3,3D3,4D3. The maximum absolute atomic E-state index is 8.43. The number of pyridine rings is 1. The van der Waals surface area contributed by atoms with E-state index in [9.17, 15) is 0 Å². The van der Waals surface area contributed by atoms with Gasteiger partial charge < -0.3 is 4.42 Å². The normalized spacial score (nSPS) is 17.4. The van der Waals surface area contributed by atoms with Crippen LogP contribution in [0, 0.1) is 27.5 Å². The maximum atomic E-state index is 8.43. The van der Waals surface area contributed by atoms with E-state index in [1.807, 2.05) is 38.7 Å². The number of aromatic nitrogens is 4. The van der Waals surface area contributed by atoms with E-state index in [4.69, 9.17) is 16.8 Å². The van der Waals surface area contributed by atoms with E-state index in [2.05, 4.69) is 10.2 Å². The van der Waals surface area contributed by atoms with Gasteiger partial charge in [0.2, 0.25) is 5.69 Å². The molecule has 0 radical (unpaired) electrons. The second kappa shape index (κ2) is 7.38. The number of oxazole rings is 1. The lowest BCUT2D eigenvalue weighted by Crippen LogP contribution is -2.38. The molecule has 0 N–H and O–H groups in total. The molecule has 0 saturated carbocycles. The van der Waals surface area contributed by atoms with Gasteiger partial charge in [0.25, 0.3) is 0 Å². The summed E-state index contributed by atoms with van der Waals surface area (Å²) in [5.74, 6) is 0.273. The molecule has 0 amide bonds. The van der Waals surface area contributed by atoms with E-state index in [1.165, 1.54) is 12.5 Å². The Morgan fingerprint density at radius 3 is 2.36 bits per heavy atom. The molecule has 0 unspecified atom stereocenters. The lowest BCUT2D eigenvalue weighted by molar-refractivity contribution is -0.660. The van der Waals surface area contributed by atoms with Crippen molar-refractivity contribution < 1.29 is 21.3 Å². The van der Waals surface area contributed by atoms with Gasteiger partial charge in [-0.3, -0.25) is 0 Å². The number of aryl methyl sites for hydroxylation is 5. The molecule has 3 heterocycles. The Labute approximate surface area is 208 Å². The van der Waals surface area contributed by atoms with Crippen molar-refractivity contribution in [2.24, 2.45) is 7.05 Å². The summed E-state index contributed by atoms with van der Waals surface area (Å²) in [6.45, 7) is -0.235. The Balaban J connectivity index is 1.97. The van der Waals surface area contributed by atoms with Crippen molar-refractivity contribution in [2.45, 2.75) is 47.1 Å². The molecule has 3 aromatic heterocycles. The zero-order valence-corrected chi connectivity index (χ0v) is 20.2. The van der Waals surface area contributed by atoms with Crippen LogP contribution in [0.25, 0.3) is 39.3 Å². The van der Waals surface area contributed by atoms with Crippen LogP contribution in [-0.2, 0) is 7.05 Å². The van der Waals surface area contributed by atoms with Gasteiger partial charge in [0.05, 0.1) is 19.2 Å². The largest absolute Gasteiger partial charge is 0.421 e. The summed E-state index contributed by atoms with van der Waals surface area (Å²) in [6.07, 6.45) is 2.94. The van der Waals surface area contributed by atoms with Crippen LogP contribution in [0.15, 0.2) is 47.3 Å². The molecule has 0 bridgehead atoms. The van der Waals surface area contributed by atoms with Gasteiger partial charge in [0.15, 0.2) is 11.8 Å². The van der Waals surface area contributed by atoms with Gasteiger partial charge in [0.1, 0.15) is 13.4 Å². The Hall–Kier alpha value is -3.25. The first kappa shape index (κ1) is 13.5. The van der Waals surface area contributed by atoms with Crippen molar-refractivity contribution in [3.05, 3.63) is 65.1 Å². The molecule has 6 heteroatoms. The van der Waals surface area contributed by atoms with Crippen molar-refractivity contribution in [3.63, 3.8) is 0 Å². The van der Waals surface area contributed by atoms with Crippen molar-refractivity contribution >= 4 is 30.2 Å². The highest BCUT2D eigenvalue weighted by atomic mass is 28.3. The van der Waals surface area contributed by atoms with Gasteiger partial charge in [-0.2, -0.15) is 0 Å². The van der Waals surface area contributed by atoms with Crippen LogP contribution in [-0.4, -0.2) is 22.7 Å². The molecule has 0 atom stereocenters. The monoisotopic (exact) mass is 464 g/mol. The van der Waals surface area contributed by atoms with E-state index in [0.29, 0.717) is 27.5 Å². The van der Waals surface area contributed by atoms with Crippen LogP contribution in [0.1, 0.15) is 34.6 Å². The van der Waals surface area contributed by atoms with E-state index in [1.54, 1.807) is 34.2 Å². The van der Waals surface area contributed by atoms with Crippen molar-refractivity contribution in [1.82, 2.24) is 14.6 Å². The van der Waals surface area contributed by atoms with Crippen LogP contribution >= 0.6 is 0 Å². The third-order valence-corrected chi connectivity index (χ3v) is 8.14. The van der Waals surface area contributed by atoms with Gasteiger partial charge in [-0.25, -0.2) is 8.97 Å². The summed E-state index contributed by atoms with van der Waals surface area (Å²) >= 11 is 0. The first-order chi connectivity index (χ1) is 19.2. The molecule has 5 rings (SSSR count). The molecule has 0 fully saturated rings. The first-order valence-corrected chi connectivity index (χ1v) is 14.2. The lowest BCUT2D eigenvalue weighted by atomic mass is 9.91. The van der Waals surface area contributed by atoms with Gasteiger partial charge in [-0.05, 0) is 61.4 Å². The molecule has 2 aromatic carbocycles. The van der Waals surface area contributed by atoms with Crippen LogP contribution in [0.2, 0.25) is 19.6 Å². The Morgan fingerprint density at radius 1 is 0.970 bits per heavy atom. The van der Waals surface area contributed by atoms with E-state index >= 15 is 0 Å². The van der Waals surface area contributed by atoms with Gasteiger partial charge in [-0.15, -0.1) is 5.10 Å². The minimum atomic E-state index is -2.72. The predicted octanol–water partition coefficient (Wildman–Crippen LogP) is 5.41. The summed E-state index contributed by atoms with van der Waals surface area (Å²) in [5.41, 5.74) is 2.49. The number of fused-ring (bicyclic) bond motifs is 3. The molecule has 0 aliphatic heterocycles. The van der Waals surface area contributed by atoms with Gasteiger partial charge >= 0.3 is 5.84 Å².